The molecule has 1 unspecified atom stereocenters. The molecule has 1 fully saturated rings. The summed E-state index contributed by atoms with van der Waals surface area (Å²) in [6.45, 7) is 6.65. The van der Waals surface area contributed by atoms with Crippen molar-refractivity contribution >= 4 is 21.6 Å². The van der Waals surface area contributed by atoms with E-state index >= 15 is 0 Å². The maximum Gasteiger partial charge on any atom is 0.155 e. The summed E-state index contributed by atoms with van der Waals surface area (Å²) in [6, 6.07) is 0.595. The van der Waals surface area contributed by atoms with Gasteiger partial charge in [0.2, 0.25) is 0 Å². The van der Waals surface area contributed by atoms with Crippen molar-refractivity contribution in [2.75, 3.05) is 19.6 Å². The summed E-state index contributed by atoms with van der Waals surface area (Å²) >= 11 is 3.41. The molecule has 2 aromatic heterocycles. The fourth-order valence-electron chi connectivity index (χ4n) is 2.94. The van der Waals surface area contributed by atoms with Gasteiger partial charge in [-0.05, 0) is 48.8 Å². The minimum atomic E-state index is 0.595. The number of likely N-dealkylation sites (tertiary alicyclic amines) is 1. The van der Waals surface area contributed by atoms with E-state index in [-0.39, 0.29) is 0 Å². The molecule has 2 aromatic rings. The predicted octanol–water partition coefficient (Wildman–Crippen LogP) is 2.46. The molecule has 1 aliphatic heterocycles. The molecular formula is C15H22BrN5. The Morgan fingerprint density at radius 3 is 2.86 bits per heavy atom. The van der Waals surface area contributed by atoms with E-state index in [0.29, 0.717) is 6.04 Å². The average molecular weight is 352 g/mol. The van der Waals surface area contributed by atoms with Crippen LogP contribution in [-0.4, -0.2) is 44.9 Å². The van der Waals surface area contributed by atoms with Crippen molar-refractivity contribution in [3.05, 3.63) is 28.9 Å². The summed E-state index contributed by atoms with van der Waals surface area (Å²) in [5, 5.41) is 3.56. The highest BCUT2D eigenvalue weighted by atomic mass is 79.9. The quantitative estimate of drug-likeness (QED) is 0.898. The summed E-state index contributed by atoms with van der Waals surface area (Å²) in [6.07, 6.45) is 9.75. The summed E-state index contributed by atoms with van der Waals surface area (Å²) in [4.78, 5) is 11.2. The zero-order chi connectivity index (χ0) is 14.7. The van der Waals surface area contributed by atoms with Crippen molar-refractivity contribution in [3.63, 3.8) is 0 Å². The van der Waals surface area contributed by atoms with E-state index < -0.39 is 0 Å². The van der Waals surface area contributed by atoms with Gasteiger partial charge in [0, 0.05) is 25.3 Å². The molecule has 5 nitrogen and oxygen atoms in total. The third kappa shape index (κ3) is 3.62. The van der Waals surface area contributed by atoms with Gasteiger partial charge in [0.25, 0.3) is 0 Å². The third-order valence-electron chi connectivity index (χ3n) is 4.20. The molecule has 114 valence electrons. The Hall–Kier alpha value is -0.980. The van der Waals surface area contributed by atoms with Gasteiger partial charge < -0.3 is 5.32 Å². The van der Waals surface area contributed by atoms with Crippen molar-refractivity contribution in [2.45, 2.75) is 38.8 Å². The van der Waals surface area contributed by atoms with Crippen LogP contribution in [0.5, 0.6) is 0 Å². The number of fused-ring (bicyclic) bond motifs is 1. The van der Waals surface area contributed by atoms with Crippen molar-refractivity contribution in [1.82, 2.24) is 24.6 Å². The van der Waals surface area contributed by atoms with E-state index in [1.807, 2.05) is 12.4 Å². The standard InChI is InChI=1S/C15H22BrN5/c1-12(20-5-3-2-4-6-20)7-17-8-13-9-19-15-10-18-14(16)11-21(13)15/h9-12,17H,2-8H2,1H3. The van der Waals surface area contributed by atoms with Crippen molar-refractivity contribution in [3.8, 4) is 0 Å². The van der Waals surface area contributed by atoms with E-state index in [2.05, 4.69) is 47.4 Å². The maximum atomic E-state index is 4.38. The van der Waals surface area contributed by atoms with Crippen LogP contribution in [0.4, 0.5) is 0 Å². The van der Waals surface area contributed by atoms with Gasteiger partial charge in [0.15, 0.2) is 5.65 Å². The molecule has 0 radical (unpaired) electrons. The Morgan fingerprint density at radius 2 is 2.05 bits per heavy atom. The average Bonchev–Trinajstić information content (AvgIpc) is 2.90. The van der Waals surface area contributed by atoms with Crippen LogP contribution in [0, 0.1) is 0 Å². The van der Waals surface area contributed by atoms with Gasteiger partial charge in [-0.1, -0.05) is 6.42 Å². The molecule has 1 atom stereocenters. The third-order valence-corrected chi connectivity index (χ3v) is 4.61. The Bertz CT molecular complexity index is 591. The van der Waals surface area contributed by atoms with Gasteiger partial charge in [0.05, 0.1) is 18.1 Å². The highest BCUT2D eigenvalue weighted by Gasteiger charge is 2.16. The molecule has 21 heavy (non-hydrogen) atoms. The maximum absolute atomic E-state index is 4.38. The molecule has 1 N–H and O–H groups in total. The van der Waals surface area contributed by atoms with Crippen LogP contribution >= 0.6 is 15.9 Å². The molecule has 0 spiro atoms. The molecule has 3 rings (SSSR count). The number of nitrogens with zero attached hydrogens (tertiary/aromatic N) is 4. The molecule has 0 bridgehead atoms. The summed E-state index contributed by atoms with van der Waals surface area (Å²) in [5.74, 6) is 0. The van der Waals surface area contributed by atoms with Gasteiger partial charge in [-0.2, -0.15) is 0 Å². The second kappa shape index (κ2) is 6.85. The number of hydrogen-bond acceptors (Lipinski definition) is 4. The minimum absolute atomic E-state index is 0.595. The number of nitrogens with one attached hydrogen (secondary N) is 1. The fraction of sp³-hybridized carbons (Fsp3) is 0.600. The van der Waals surface area contributed by atoms with E-state index in [9.17, 15) is 0 Å². The smallest absolute Gasteiger partial charge is 0.155 e. The normalized spacial score (nSPS) is 18.2. The number of halogens is 1. The van der Waals surface area contributed by atoms with Crippen LogP contribution in [0.25, 0.3) is 5.65 Å². The summed E-state index contributed by atoms with van der Waals surface area (Å²) in [7, 11) is 0. The first-order valence-corrected chi connectivity index (χ1v) is 8.45. The Balaban J connectivity index is 1.55. The van der Waals surface area contributed by atoms with Crippen molar-refractivity contribution in [2.24, 2.45) is 0 Å². The number of rotatable bonds is 5. The largest absolute Gasteiger partial charge is 0.310 e. The van der Waals surface area contributed by atoms with Crippen LogP contribution < -0.4 is 5.32 Å². The molecule has 1 aliphatic rings. The molecule has 1 saturated heterocycles. The molecule has 6 heteroatoms. The number of aromatic nitrogens is 3. The van der Waals surface area contributed by atoms with Crippen LogP contribution in [0.3, 0.4) is 0 Å². The first-order valence-electron chi connectivity index (χ1n) is 7.66. The Morgan fingerprint density at radius 1 is 1.24 bits per heavy atom. The zero-order valence-corrected chi connectivity index (χ0v) is 14.0. The van der Waals surface area contributed by atoms with Crippen LogP contribution in [0.1, 0.15) is 31.9 Å². The summed E-state index contributed by atoms with van der Waals surface area (Å²) in [5.41, 5.74) is 2.05. The van der Waals surface area contributed by atoms with Gasteiger partial charge in [0.1, 0.15) is 4.60 Å². The van der Waals surface area contributed by atoms with Crippen molar-refractivity contribution < 1.29 is 0 Å². The molecule has 0 aliphatic carbocycles. The van der Waals surface area contributed by atoms with E-state index in [1.54, 1.807) is 6.20 Å². The highest BCUT2D eigenvalue weighted by Crippen LogP contribution is 2.12. The molecule has 0 amide bonds. The van der Waals surface area contributed by atoms with Gasteiger partial charge in [-0.25, -0.2) is 9.97 Å². The molecular weight excluding hydrogens is 330 g/mol. The van der Waals surface area contributed by atoms with Crippen LogP contribution in [-0.2, 0) is 6.54 Å². The van der Waals surface area contributed by atoms with Crippen LogP contribution in [0.2, 0.25) is 0 Å². The monoisotopic (exact) mass is 351 g/mol. The Labute approximate surface area is 133 Å². The highest BCUT2D eigenvalue weighted by molar-refractivity contribution is 9.10. The second-order valence-electron chi connectivity index (χ2n) is 5.76. The molecule has 0 saturated carbocycles. The number of hydrogen-bond donors (Lipinski definition) is 1. The lowest BCUT2D eigenvalue weighted by Crippen LogP contribution is -2.43. The lowest BCUT2D eigenvalue weighted by molar-refractivity contribution is 0.170. The summed E-state index contributed by atoms with van der Waals surface area (Å²) < 4.78 is 2.91. The SMILES string of the molecule is CC(CNCc1cnc2cnc(Br)cn12)N1CCCCC1. The predicted molar refractivity (Wildman–Crippen MR) is 87.3 cm³/mol. The van der Waals surface area contributed by atoms with E-state index in [1.165, 1.54) is 38.0 Å². The second-order valence-corrected chi connectivity index (χ2v) is 6.58. The van der Waals surface area contributed by atoms with Gasteiger partial charge >= 0.3 is 0 Å². The Kier molecular flexibility index (Phi) is 4.87. The zero-order valence-electron chi connectivity index (χ0n) is 12.4. The molecule has 0 aromatic carbocycles. The first-order chi connectivity index (χ1) is 10.2. The minimum Gasteiger partial charge on any atom is -0.310 e. The van der Waals surface area contributed by atoms with E-state index in [0.717, 1.165) is 23.3 Å². The van der Waals surface area contributed by atoms with Gasteiger partial charge in [-0.3, -0.25) is 9.30 Å². The van der Waals surface area contributed by atoms with Crippen LogP contribution in [0.15, 0.2) is 23.2 Å². The molecule has 3 heterocycles. The lowest BCUT2D eigenvalue weighted by Gasteiger charge is -2.32. The topological polar surface area (TPSA) is 45.5 Å². The fourth-order valence-corrected chi connectivity index (χ4v) is 3.25. The van der Waals surface area contributed by atoms with E-state index in [4.69, 9.17) is 0 Å². The van der Waals surface area contributed by atoms with Gasteiger partial charge in [-0.15, -0.1) is 0 Å². The van der Waals surface area contributed by atoms with Crippen molar-refractivity contribution in [1.29, 1.82) is 0 Å². The first kappa shape index (κ1) is 14.9. The number of imidazole rings is 1. The number of piperidine rings is 1. The lowest BCUT2D eigenvalue weighted by atomic mass is 10.1.